The summed E-state index contributed by atoms with van der Waals surface area (Å²) in [7, 11) is 0. The first-order valence-corrected chi connectivity index (χ1v) is 11.5. The van der Waals surface area contributed by atoms with Crippen LogP contribution < -0.4 is 10.6 Å². The molecule has 180 valence electrons. The van der Waals surface area contributed by atoms with Crippen molar-refractivity contribution in [3.8, 4) is 0 Å². The summed E-state index contributed by atoms with van der Waals surface area (Å²) in [4.78, 5) is 40.3. The molecule has 0 aliphatic rings. The summed E-state index contributed by atoms with van der Waals surface area (Å²) in [5.41, 5.74) is 2.15. The van der Waals surface area contributed by atoms with E-state index in [1.807, 2.05) is 45.9 Å². The predicted octanol–water partition coefficient (Wildman–Crippen LogP) is 4.41. The molecule has 2 unspecified atom stereocenters. The normalized spacial score (nSPS) is 13.1. The van der Waals surface area contributed by atoms with Crippen LogP contribution in [-0.4, -0.2) is 47.5 Å². The molecule has 3 amide bonds. The quantitative estimate of drug-likeness (QED) is 0.520. The van der Waals surface area contributed by atoms with Crippen LogP contribution in [0.4, 0.5) is 4.79 Å². The molecule has 0 fully saturated rings. The summed E-state index contributed by atoms with van der Waals surface area (Å²) in [6, 6.07) is 4.94. The highest BCUT2D eigenvalue weighted by Crippen LogP contribution is 2.27. The van der Waals surface area contributed by atoms with Crippen LogP contribution in [0, 0.1) is 13.8 Å². The van der Waals surface area contributed by atoms with Gasteiger partial charge in [-0.05, 0) is 59.9 Å². The van der Waals surface area contributed by atoms with Gasteiger partial charge in [-0.1, -0.05) is 49.6 Å². The lowest BCUT2D eigenvalue weighted by Crippen LogP contribution is -2.51. The molecule has 32 heavy (non-hydrogen) atoms. The number of alkyl carbamates (subject to hydrolysis) is 1. The van der Waals surface area contributed by atoms with Crippen molar-refractivity contribution in [3.63, 3.8) is 0 Å². The van der Waals surface area contributed by atoms with E-state index in [9.17, 15) is 14.4 Å². The highest BCUT2D eigenvalue weighted by atomic mass is 16.6. The molecule has 2 atom stereocenters. The van der Waals surface area contributed by atoms with Gasteiger partial charge in [0, 0.05) is 12.6 Å². The van der Waals surface area contributed by atoms with E-state index in [-0.39, 0.29) is 24.4 Å². The number of amides is 3. The monoisotopic (exact) mass is 447 g/mol. The van der Waals surface area contributed by atoms with Gasteiger partial charge in [-0.25, -0.2) is 4.79 Å². The summed E-state index contributed by atoms with van der Waals surface area (Å²) in [6.45, 7) is 15.5. The topological polar surface area (TPSA) is 87.7 Å². The Bertz CT molecular complexity index is 766. The maximum atomic E-state index is 13.3. The van der Waals surface area contributed by atoms with E-state index >= 15 is 0 Å². The molecule has 7 nitrogen and oxygen atoms in total. The molecule has 7 heteroatoms. The van der Waals surface area contributed by atoms with Gasteiger partial charge in [0.05, 0.1) is 0 Å². The minimum Gasteiger partial charge on any atom is -0.444 e. The lowest BCUT2D eigenvalue weighted by Gasteiger charge is -2.36. The van der Waals surface area contributed by atoms with Gasteiger partial charge in [0.2, 0.25) is 11.8 Å². The van der Waals surface area contributed by atoms with E-state index in [2.05, 4.69) is 17.6 Å². The van der Waals surface area contributed by atoms with Gasteiger partial charge in [-0.15, -0.1) is 0 Å². The largest absolute Gasteiger partial charge is 0.444 e. The second-order valence-corrected chi connectivity index (χ2v) is 9.38. The molecule has 1 rings (SSSR count). The number of nitrogens with one attached hydrogen (secondary N) is 2. The van der Waals surface area contributed by atoms with Crippen molar-refractivity contribution in [3.05, 3.63) is 34.9 Å². The first kappa shape index (κ1) is 27.5. The van der Waals surface area contributed by atoms with Crippen molar-refractivity contribution >= 4 is 17.9 Å². The van der Waals surface area contributed by atoms with Crippen LogP contribution in [0.2, 0.25) is 0 Å². The van der Waals surface area contributed by atoms with Crippen molar-refractivity contribution in [2.45, 2.75) is 92.3 Å². The fourth-order valence-corrected chi connectivity index (χ4v) is 3.49. The Morgan fingerprint density at radius 3 is 2.12 bits per heavy atom. The average molecular weight is 448 g/mol. The number of nitrogens with zero attached hydrogens (tertiary/aromatic N) is 1. The van der Waals surface area contributed by atoms with Gasteiger partial charge in [0.25, 0.3) is 0 Å². The van der Waals surface area contributed by atoms with Gasteiger partial charge in [0.15, 0.2) is 0 Å². The molecule has 0 saturated carbocycles. The summed E-state index contributed by atoms with van der Waals surface area (Å²) in [5, 5.41) is 5.52. The summed E-state index contributed by atoms with van der Waals surface area (Å²) < 4.78 is 5.24. The molecule has 0 saturated heterocycles. The van der Waals surface area contributed by atoms with E-state index < -0.39 is 17.7 Å². The summed E-state index contributed by atoms with van der Waals surface area (Å²) >= 11 is 0. The number of rotatable bonds is 10. The maximum Gasteiger partial charge on any atom is 0.408 e. The first-order valence-electron chi connectivity index (χ1n) is 11.5. The number of benzene rings is 1. The van der Waals surface area contributed by atoms with Crippen LogP contribution in [0.25, 0.3) is 0 Å². The highest BCUT2D eigenvalue weighted by molar-refractivity contribution is 5.90. The van der Waals surface area contributed by atoms with Crippen molar-refractivity contribution in [1.82, 2.24) is 15.5 Å². The fraction of sp³-hybridized carbons (Fsp3) is 0.640. The van der Waals surface area contributed by atoms with Crippen LogP contribution >= 0.6 is 0 Å². The molecule has 1 aromatic rings. The lowest BCUT2D eigenvalue weighted by atomic mass is 9.97. The van der Waals surface area contributed by atoms with Gasteiger partial charge in [0.1, 0.15) is 18.2 Å². The third kappa shape index (κ3) is 8.89. The van der Waals surface area contributed by atoms with Gasteiger partial charge >= 0.3 is 6.09 Å². The van der Waals surface area contributed by atoms with E-state index in [0.29, 0.717) is 13.0 Å². The van der Waals surface area contributed by atoms with Gasteiger partial charge in [-0.3, -0.25) is 9.59 Å². The number of ether oxygens (including phenoxy) is 1. The zero-order valence-corrected chi connectivity index (χ0v) is 21.0. The van der Waals surface area contributed by atoms with Crippen LogP contribution in [0.3, 0.4) is 0 Å². The molecular weight excluding hydrogens is 406 g/mol. The molecule has 2 N–H and O–H groups in total. The standard InChI is InChI=1S/C25H41N3O4/c1-9-11-12-26-23(30)22(20-14-17(3)13-18(4)15-20)28(19(5)10-2)21(29)16-27-24(31)32-25(6,7)8/h13-15,19,22H,9-12,16H2,1-8H3,(H,26,30)(H,27,31). The fourth-order valence-electron chi connectivity index (χ4n) is 3.49. The van der Waals surface area contributed by atoms with Crippen LogP contribution in [-0.2, 0) is 14.3 Å². The van der Waals surface area contributed by atoms with E-state index in [1.54, 1.807) is 25.7 Å². The number of hydrogen-bond acceptors (Lipinski definition) is 4. The predicted molar refractivity (Wildman–Crippen MR) is 127 cm³/mol. The molecule has 0 aromatic heterocycles. The van der Waals surface area contributed by atoms with E-state index in [0.717, 1.165) is 29.5 Å². The molecule has 1 aromatic carbocycles. The zero-order valence-electron chi connectivity index (χ0n) is 21.0. The second-order valence-electron chi connectivity index (χ2n) is 9.38. The number of carbonyl (C=O) groups excluding carboxylic acids is 3. The summed E-state index contributed by atoms with van der Waals surface area (Å²) in [6.07, 6.45) is 1.83. The van der Waals surface area contributed by atoms with Crippen LogP contribution in [0.15, 0.2) is 18.2 Å². The third-order valence-electron chi connectivity index (χ3n) is 5.05. The van der Waals surface area contributed by atoms with E-state index in [4.69, 9.17) is 4.74 Å². The van der Waals surface area contributed by atoms with Crippen molar-refractivity contribution < 1.29 is 19.1 Å². The highest BCUT2D eigenvalue weighted by Gasteiger charge is 2.34. The van der Waals surface area contributed by atoms with Gasteiger partial charge < -0.3 is 20.3 Å². The van der Waals surface area contributed by atoms with Crippen molar-refractivity contribution in [1.29, 1.82) is 0 Å². The Hall–Kier alpha value is -2.57. The number of aryl methyl sites for hydroxylation is 2. The first-order chi connectivity index (χ1) is 14.9. The van der Waals surface area contributed by atoms with Gasteiger partial charge in [-0.2, -0.15) is 0 Å². The zero-order chi connectivity index (χ0) is 24.5. The Labute approximate surface area is 193 Å². The molecule has 0 aliphatic heterocycles. The Morgan fingerprint density at radius 2 is 1.62 bits per heavy atom. The van der Waals surface area contributed by atoms with E-state index in [1.165, 1.54) is 0 Å². The number of unbranched alkanes of at least 4 members (excludes halogenated alkanes) is 1. The average Bonchev–Trinajstić information content (AvgIpc) is 2.67. The second kappa shape index (κ2) is 12.5. The molecule has 0 radical (unpaired) electrons. The number of hydrogen-bond donors (Lipinski definition) is 2. The minimum atomic E-state index is -0.784. The maximum absolute atomic E-state index is 13.3. The molecule has 0 bridgehead atoms. The SMILES string of the molecule is CCCCNC(=O)C(c1cc(C)cc(C)c1)N(C(=O)CNC(=O)OC(C)(C)C)C(C)CC. The van der Waals surface area contributed by atoms with Crippen LogP contribution in [0.5, 0.6) is 0 Å². The Balaban J connectivity index is 3.26. The minimum absolute atomic E-state index is 0.203. The lowest BCUT2D eigenvalue weighted by molar-refractivity contribution is -0.142. The smallest absolute Gasteiger partial charge is 0.408 e. The molecule has 0 spiro atoms. The molecule has 0 heterocycles. The third-order valence-corrected chi connectivity index (χ3v) is 5.05. The number of carbonyl (C=O) groups is 3. The van der Waals surface area contributed by atoms with Crippen molar-refractivity contribution in [2.75, 3.05) is 13.1 Å². The van der Waals surface area contributed by atoms with Crippen LogP contribution in [0.1, 0.15) is 83.5 Å². The Morgan fingerprint density at radius 1 is 1.03 bits per heavy atom. The molecule has 0 aliphatic carbocycles. The summed E-state index contributed by atoms with van der Waals surface area (Å²) in [5.74, 6) is -0.547. The van der Waals surface area contributed by atoms with Crippen molar-refractivity contribution in [2.24, 2.45) is 0 Å². The Kier molecular flexibility index (Phi) is 10.7. The molecular formula is C25H41N3O4.